The van der Waals surface area contributed by atoms with Crippen LogP contribution in [0.2, 0.25) is 0 Å². The average molecular weight is 382 g/mol. The summed E-state index contributed by atoms with van der Waals surface area (Å²) in [4.78, 5) is 42.8. The lowest BCUT2D eigenvalue weighted by Crippen LogP contribution is -2.52. The topological polar surface area (TPSA) is 57.7 Å². The molecule has 3 aromatic carbocycles. The second kappa shape index (κ2) is 6.41. The Hall–Kier alpha value is -3.73. The SMILES string of the molecule is O=C(c1ccccc1)N1C(=O)N2CCc3ccccc3C2(c2ccccc2)C1=O. The van der Waals surface area contributed by atoms with Crippen molar-refractivity contribution in [1.82, 2.24) is 9.80 Å². The van der Waals surface area contributed by atoms with Crippen molar-refractivity contribution in [2.45, 2.75) is 12.0 Å². The van der Waals surface area contributed by atoms with Crippen LogP contribution in [-0.4, -0.2) is 34.2 Å². The molecule has 29 heavy (non-hydrogen) atoms. The fourth-order valence-corrected chi connectivity index (χ4v) is 4.48. The van der Waals surface area contributed by atoms with E-state index in [0.717, 1.165) is 16.0 Å². The van der Waals surface area contributed by atoms with Crippen molar-refractivity contribution in [2.24, 2.45) is 0 Å². The molecule has 0 radical (unpaired) electrons. The molecule has 2 aliphatic heterocycles. The summed E-state index contributed by atoms with van der Waals surface area (Å²) in [6.45, 7) is 0.370. The molecule has 5 nitrogen and oxygen atoms in total. The summed E-state index contributed by atoms with van der Waals surface area (Å²) in [5.41, 5.74) is 1.46. The average Bonchev–Trinajstić information content (AvgIpc) is 3.02. The maximum Gasteiger partial charge on any atom is 0.335 e. The van der Waals surface area contributed by atoms with E-state index in [1.54, 1.807) is 35.2 Å². The van der Waals surface area contributed by atoms with Gasteiger partial charge in [-0.05, 0) is 35.2 Å². The fraction of sp³-hybridized carbons (Fsp3) is 0.125. The monoisotopic (exact) mass is 382 g/mol. The molecule has 142 valence electrons. The molecule has 0 bridgehead atoms. The smallest absolute Gasteiger partial charge is 0.301 e. The summed E-state index contributed by atoms with van der Waals surface area (Å²) in [6.07, 6.45) is 0.636. The van der Waals surface area contributed by atoms with Crippen molar-refractivity contribution >= 4 is 17.8 Å². The first-order chi connectivity index (χ1) is 14.2. The van der Waals surface area contributed by atoms with E-state index in [-0.39, 0.29) is 0 Å². The predicted octanol–water partition coefficient (Wildman–Crippen LogP) is 3.59. The number of hydrogen-bond donors (Lipinski definition) is 0. The van der Waals surface area contributed by atoms with Gasteiger partial charge in [-0.25, -0.2) is 4.79 Å². The maximum absolute atomic E-state index is 13.9. The zero-order chi connectivity index (χ0) is 20.0. The second-order valence-corrected chi connectivity index (χ2v) is 7.23. The van der Waals surface area contributed by atoms with Gasteiger partial charge in [0.25, 0.3) is 11.8 Å². The van der Waals surface area contributed by atoms with E-state index in [0.29, 0.717) is 24.1 Å². The number of carbonyl (C=O) groups is 3. The van der Waals surface area contributed by atoms with Gasteiger partial charge in [-0.2, -0.15) is 4.90 Å². The summed E-state index contributed by atoms with van der Waals surface area (Å²) in [6, 6.07) is 24.8. The largest absolute Gasteiger partial charge is 0.335 e. The van der Waals surface area contributed by atoms with Crippen LogP contribution in [0.15, 0.2) is 84.9 Å². The lowest BCUT2D eigenvalue weighted by molar-refractivity contribution is -0.130. The Morgan fingerprint density at radius 3 is 2.14 bits per heavy atom. The van der Waals surface area contributed by atoms with E-state index in [1.165, 1.54) is 0 Å². The Bertz CT molecular complexity index is 1130. The molecule has 0 saturated carbocycles. The summed E-state index contributed by atoms with van der Waals surface area (Å²) >= 11 is 0. The van der Waals surface area contributed by atoms with Gasteiger partial charge in [0.05, 0.1) is 0 Å². The Kier molecular flexibility index (Phi) is 3.84. The third-order valence-electron chi connectivity index (χ3n) is 5.77. The van der Waals surface area contributed by atoms with Crippen LogP contribution < -0.4 is 0 Å². The van der Waals surface area contributed by atoms with E-state index >= 15 is 0 Å². The normalized spacial score (nSPS) is 20.4. The van der Waals surface area contributed by atoms with Gasteiger partial charge in [0.1, 0.15) is 0 Å². The number of rotatable bonds is 2. The molecule has 0 N–H and O–H groups in total. The quantitative estimate of drug-likeness (QED) is 0.503. The minimum atomic E-state index is -1.32. The number of carbonyl (C=O) groups excluding carboxylic acids is 3. The minimum absolute atomic E-state index is 0.311. The van der Waals surface area contributed by atoms with E-state index in [1.807, 2.05) is 54.6 Å². The number of imide groups is 3. The number of hydrogen-bond acceptors (Lipinski definition) is 3. The summed E-state index contributed by atoms with van der Waals surface area (Å²) in [5, 5.41) is 0. The Labute approximate surface area is 168 Å². The van der Waals surface area contributed by atoms with Crippen LogP contribution in [0.4, 0.5) is 4.79 Å². The standard InChI is InChI=1S/C24H18N2O3/c27-21(18-10-3-1-4-11-18)26-22(28)24(19-12-5-2-6-13-19)20-14-8-7-9-17(20)15-16-25(24)23(26)29/h1-14H,15-16H2. The molecule has 5 rings (SSSR count). The van der Waals surface area contributed by atoms with Gasteiger partial charge in [-0.3, -0.25) is 9.59 Å². The molecule has 5 heteroatoms. The van der Waals surface area contributed by atoms with Gasteiger partial charge in [-0.1, -0.05) is 72.8 Å². The van der Waals surface area contributed by atoms with Crippen LogP contribution in [0.5, 0.6) is 0 Å². The van der Waals surface area contributed by atoms with Gasteiger partial charge < -0.3 is 4.90 Å². The third kappa shape index (κ3) is 2.30. The van der Waals surface area contributed by atoms with Gasteiger partial charge in [0.15, 0.2) is 5.54 Å². The molecule has 4 amide bonds. The second-order valence-electron chi connectivity index (χ2n) is 7.23. The van der Waals surface area contributed by atoms with E-state index in [9.17, 15) is 14.4 Å². The number of benzene rings is 3. The highest BCUT2D eigenvalue weighted by Gasteiger charge is 2.62. The highest BCUT2D eigenvalue weighted by Crippen LogP contribution is 2.47. The van der Waals surface area contributed by atoms with Crippen molar-refractivity contribution in [3.63, 3.8) is 0 Å². The molecule has 3 aromatic rings. The van der Waals surface area contributed by atoms with E-state index in [2.05, 4.69) is 0 Å². The molecule has 0 aromatic heterocycles. The van der Waals surface area contributed by atoms with Crippen molar-refractivity contribution in [3.8, 4) is 0 Å². The zero-order valence-corrected chi connectivity index (χ0v) is 15.6. The maximum atomic E-state index is 13.9. The molecule has 1 unspecified atom stereocenters. The first-order valence-electron chi connectivity index (χ1n) is 9.55. The molecule has 0 spiro atoms. The Morgan fingerprint density at radius 1 is 0.793 bits per heavy atom. The molecule has 1 saturated heterocycles. The Balaban J connectivity index is 1.74. The third-order valence-corrected chi connectivity index (χ3v) is 5.77. The highest BCUT2D eigenvalue weighted by atomic mass is 16.2. The predicted molar refractivity (Wildman–Crippen MR) is 107 cm³/mol. The van der Waals surface area contributed by atoms with Gasteiger partial charge in [0.2, 0.25) is 0 Å². The summed E-state index contributed by atoms with van der Waals surface area (Å²) < 4.78 is 0. The first-order valence-corrected chi connectivity index (χ1v) is 9.55. The number of amides is 4. The van der Waals surface area contributed by atoms with E-state index < -0.39 is 23.4 Å². The van der Waals surface area contributed by atoms with Crippen molar-refractivity contribution in [3.05, 3.63) is 107 Å². The minimum Gasteiger partial charge on any atom is -0.301 e. The zero-order valence-electron chi connectivity index (χ0n) is 15.6. The number of fused-ring (bicyclic) bond motifs is 3. The van der Waals surface area contributed by atoms with Gasteiger partial charge >= 0.3 is 6.03 Å². The molecule has 0 aliphatic carbocycles. The van der Waals surface area contributed by atoms with E-state index in [4.69, 9.17) is 0 Å². The molecular formula is C24H18N2O3. The van der Waals surface area contributed by atoms with Crippen molar-refractivity contribution < 1.29 is 14.4 Å². The lowest BCUT2D eigenvalue weighted by Gasteiger charge is -2.41. The van der Waals surface area contributed by atoms with Crippen molar-refractivity contribution in [2.75, 3.05) is 6.54 Å². The molecule has 1 fully saturated rings. The van der Waals surface area contributed by atoms with Crippen LogP contribution in [-0.2, 0) is 16.8 Å². The summed E-state index contributed by atoms with van der Waals surface area (Å²) in [7, 11) is 0. The van der Waals surface area contributed by atoms with Gasteiger partial charge in [0, 0.05) is 12.1 Å². The van der Waals surface area contributed by atoms with Crippen LogP contribution >= 0.6 is 0 Å². The van der Waals surface area contributed by atoms with Crippen LogP contribution in [0.25, 0.3) is 0 Å². The lowest BCUT2D eigenvalue weighted by atomic mass is 9.76. The highest BCUT2D eigenvalue weighted by molar-refractivity contribution is 6.23. The number of urea groups is 1. The molecule has 1 atom stereocenters. The summed E-state index contributed by atoms with van der Waals surface area (Å²) in [5.74, 6) is -1.11. The fourth-order valence-electron chi connectivity index (χ4n) is 4.48. The van der Waals surface area contributed by atoms with Crippen LogP contribution in [0, 0.1) is 0 Å². The molecular weight excluding hydrogens is 364 g/mol. The molecule has 2 aliphatic rings. The first kappa shape index (κ1) is 17.4. The van der Waals surface area contributed by atoms with Crippen LogP contribution in [0.3, 0.4) is 0 Å². The van der Waals surface area contributed by atoms with Crippen LogP contribution in [0.1, 0.15) is 27.0 Å². The Morgan fingerprint density at radius 2 is 1.41 bits per heavy atom. The van der Waals surface area contributed by atoms with Crippen molar-refractivity contribution in [1.29, 1.82) is 0 Å². The van der Waals surface area contributed by atoms with Gasteiger partial charge in [-0.15, -0.1) is 0 Å². The number of nitrogens with zero attached hydrogens (tertiary/aromatic N) is 2. The molecule has 2 heterocycles.